The molecule has 0 aliphatic heterocycles. The van der Waals surface area contributed by atoms with Crippen molar-refractivity contribution in [2.75, 3.05) is 0 Å². The quantitative estimate of drug-likeness (QED) is 0.395. The minimum atomic E-state index is 1.25. The third kappa shape index (κ3) is 8.22. The molecule has 1 heteroatoms. The van der Waals surface area contributed by atoms with Crippen LogP contribution < -0.4 is 0 Å². The molecule has 0 saturated heterocycles. The molecule has 0 N–H and O–H groups in total. The molecule has 0 unspecified atom stereocenters. The van der Waals surface area contributed by atoms with Crippen molar-refractivity contribution in [2.45, 2.75) is 51.6 Å². The maximum absolute atomic E-state index is 2.27. The van der Waals surface area contributed by atoms with Gasteiger partial charge in [0.1, 0.15) is 0 Å². The summed E-state index contributed by atoms with van der Waals surface area (Å²) in [5.41, 5.74) is 0. The summed E-state index contributed by atoms with van der Waals surface area (Å²) in [4.78, 5) is 0. The Labute approximate surface area is 61.9 Å². The van der Waals surface area contributed by atoms with E-state index >= 15 is 0 Å². The minimum Gasteiger partial charge on any atom is -0.0654 e. The van der Waals surface area contributed by atoms with Gasteiger partial charge in [0.15, 0.2) is 0 Å². The molecule has 0 saturated carbocycles. The third-order valence-corrected chi connectivity index (χ3v) is 2.83. The van der Waals surface area contributed by atoms with E-state index in [0.717, 1.165) is 0 Å². The van der Waals surface area contributed by atoms with Gasteiger partial charge in [0, 0.05) is 9.52 Å². The van der Waals surface area contributed by atoms with Crippen LogP contribution >= 0.6 is 0 Å². The first kappa shape index (κ1) is 9.22. The van der Waals surface area contributed by atoms with Gasteiger partial charge in [-0.1, -0.05) is 51.6 Å². The normalized spacial score (nSPS) is 10.0. The minimum absolute atomic E-state index is 1.25. The Hall–Kier alpha value is 0.217. The Kier molecular flexibility index (Phi) is 8.41. The van der Waals surface area contributed by atoms with Crippen LogP contribution in [0.3, 0.4) is 0 Å². The highest BCUT2D eigenvalue weighted by molar-refractivity contribution is 6.35. The van der Waals surface area contributed by atoms with Crippen LogP contribution in [0.4, 0.5) is 0 Å². The van der Waals surface area contributed by atoms with Gasteiger partial charge in [-0.2, -0.15) is 0 Å². The van der Waals surface area contributed by atoms with Gasteiger partial charge < -0.3 is 0 Å². The molecule has 54 valence electrons. The lowest BCUT2D eigenvalue weighted by atomic mass is 10.4. The van der Waals surface area contributed by atoms with Crippen LogP contribution in [0.1, 0.15) is 39.5 Å². The van der Waals surface area contributed by atoms with E-state index in [9.17, 15) is 0 Å². The Morgan fingerprint density at radius 3 is 1.67 bits per heavy atom. The van der Waals surface area contributed by atoms with Gasteiger partial charge in [0.2, 0.25) is 0 Å². The molecule has 0 aliphatic rings. The Balaban J connectivity index is 2.60. The molecule has 0 aliphatic carbocycles. The summed E-state index contributed by atoms with van der Waals surface area (Å²) in [7, 11) is 1.25. The fourth-order valence-electron chi connectivity index (χ4n) is 0.729. The van der Waals surface area contributed by atoms with Crippen LogP contribution in [0.2, 0.25) is 12.1 Å². The van der Waals surface area contributed by atoms with Crippen LogP contribution in [-0.2, 0) is 0 Å². The van der Waals surface area contributed by atoms with Gasteiger partial charge in [-0.25, -0.2) is 0 Å². The second-order valence-corrected chi connectivity index (χ2v) is 3.96. The highest BCUT2D eigenvalue weighted by Crippen LogP contribution is 1.99. The fourth-order valence-corrected chi connectivity index (χ4v) is 2.19. The zero-order valence-corrected chi connectivity index (χ0v) is 7.74. The van der Waals surface area contributed by atoms with Crippen LogP contribution in [0, 0.1) is 0 Å². The molecule has 0 aromatic heterocycles. The zero-order valence-electron chi connectivity index (χ0n) is 6.74. The topological polar surface area (TPSA) is 0 Å². The van der Waals surface area contributed by atoms with Crippen LogP contribution in [0.15, 0.2) is 0 Å². The highest BCUT2D eigenvalue weighted by atomic mass is 28.2. The van der Waals surface area contributed by atoms with E-state index in [1.54, 1.807) is 0 Å². The maximum Gasteiger partial charge on any atom is 0.0377 e. The lowest BCUT2D eigenvalue weighted by Crippen LogP contribution is -1.87. The van der Waals surface area contributed by atoms with E-state index in [0.29, 0.717) is 0 Å². The van der Waals surface area contributed by atoms with Crippen molar-refractivity contribution in [3.8, 4) is 0 Å². The lowest BCUT2D eigenvalue weighted by Gasteiger charge is -1.94. The monoisotopic (exact) mass is 142 g/mol. The van der Waals surface area contributed by atoms with Gasteiger partial charge in [-0.15, -0.1) is 0 Å². The van der Waals surface area contributed by atoms with Crippen molar-refractivity contribution in [2.24, 2.45) is 0 Å². The Bertz CT molecular complexity index is 37.8. The van der Waals surface area contributed by atoms with E-state index in [2.05, 4.69) is 13.8 Å². The molecule has 2 radical (unpaired) electrons. The van der Waals surface area contributed by atoms with Gasteiger partial charge in [0.25, 0.3) is 0 Å². The third-order valence-electron chi connectivity index (χ3n) is 1.41. The van der Waals surface area contributed by atoms with E-state index < -0.39 is 0 Å². The first-order valence-electron chi connectivity index (χ1n) is 4.12. The zero-order chi connectivity index (χ0) is 6.95. The molecule has 0 atom stereocenters. The van der Waals surface area contributed by atoms with Gasteiger partial charge in [0.05, 0.1) is 0 Å². The largest absolute Gasteiger partial charge is 0.0654 e. The highest BCUT2D eigenvalue weighted by Gasteiger charge is 1.87. The van der Waals surface area contributed by atoms with Crippen LogP contribution in [-0.4, -0.2) is 9.52 Å². The summed E-state index contributed by atoms with van der Waals surface area (Å²) in [5, 5.41) is 0. The van der Waals surface area contributed by atoms with Crippen molar-refractivity contribution in [3.05, 3.63) is 0 Å². The molecule has 0 heterocycles. The molecular weight excluding hydrogens is 124 g/mol. The molecule has 0 nitrogen and oxygen atoms in total. The number of rotatable bonds is 6. The SMILES string of the molecule is CCCC[Si]CCCC. The molecule has 0 fully saturated rings. The van der Waals surface area contributed by atoms with Crippen molar-refractivity contribution in [1.29, 1.82) is 0 Å². The predicted molar refractivity (Wildman–Crippen MR) is 45.2 cm³/mol. The van der Waals surface area contributed by atoms with Crippen LogP contribution in [0.5, 0.6) is 0 Å². The average molecular weight is 142 g/mol. The summed E-state index contributed by atoms with van der Waals surface area (Å²) in [6.45, 7) is 4.54. The molecular formula is C8H18Si. The predicted octanol–water partition coefficient (Wildman–Crippen LogP) is 3.13. The summed E-state index contributed by atoms with van der Waals surface area (Å²) in [6.07, 6.45) is 5.64. The lowest BCUT2D eigenvalue weighted by molar-refractivity contribution is 0.851. The maximum atomic E-state index is 2.27. The van der Waals surface area contributed by atoms with E-state index in [-0.39, 0.29) is 0 Å². The fraction of sp³-hybridized carbons (Fsp3) is 1.00. The smallest absolute Gasteiger partial charge is 0.0377 e. The van der Waals surface area contributed by atoms with Crippen molar-refractivity contribution in [3.63, 3.8) is 0 Å². The summed E-state index contributed by atoms with van der Waals surface area (Å²) < 4.78 is 0. The van der Waals surface area contributed by atoms with Crippen molar-refractivity contribution < 1.29 is 0 Å². The molecule has 0 bridgehead atoms. The summed E-state index contributed by atoms with van der Waals surface area (Å²) >= 11 is 0. The molecule has 0 spiro atoms. The Morgan fingerprint density at radius 1 is 0.889 bits per heavy atom. The first-order chi connectivity index (χ1) is 4.41. The van der Waals surface area contributed by atoms with E-state index in [4.69, 9.17) is 0 Å². The summed E-state index contributed by atoms with van der Waals surface area (Å²) in [6, 6.07) is 2.97. The average Bonchev–Trinajstić information content (AvgIpc) is 1.89. The van der Waals surface area contributed by atoms with Crippen molar-refractivity contribution >= 4 is 9.52 Å². The number of hydrogen-bond donors (Lipinski definition) is 0. The number of unbranched alkanes of at least 4 members (excludes halogenated alkanes) is 2. The molecule has 9 heavy (non-hydrogen) atoms. The number of hydrogen-bond acceptors (Lipinski definition) is 0. The van der Waals surface area contributed by atoms with Crippen molar-refractivity contribution in [1.82, 2.24) is 0 Å². The Morgan fingerprint density at radius 2 is 1.33 bits per heavy atom. The summed E-state index contributed by atoms with van der Waals surface area (Å²) in [5.74, 6) is 0. The molecule has 0 aromatic rings. The standard InChI is InChI=1S/C8H18Si/c1-3-5-7-9-8-6-4-2/h3-8H2,1-2H3. The second-order valence-electron chi connectivity index (χ2n) is 2.46. The molecule has 0 amide bonds. The second kappa shape index (κ2) is 8.22. The first-order valence-corrected chi connectivity index (χ1v) is 5.54. The van der Waals surface area contributed by atoms with Crippen LogP contribution in [0.25, 0.3) is 0 Å². The van der Waals surface area contributed by atoms with E-state index in [1.807, 2.05) is 0 Å². The van der Waals surface area contributed by atoms with E-state index in [1.165, 1.54) is 47.3 Å². The molecule has 0 aromatic carbocycles. The van der Waals surface area contributed by atoms with Gasteiger partial charge in [-0.3, -0.25) is 0 Å². The molecule has 0 rings (SSSR count). The van der Waals surface area contributed by atoms with Gasteiger partial charge >= 0.3 is 0 Å². The van der Waals surface area contributed by atoms with Gasteiger partial charge in [-0.05, 0) is 0 Å².